The standard InChI is InChI=1S/C7H14N2O3/c1-9(2)6(10)4-3-5-8-7(11)12/h8H,3-5H2,1-2H3,(H,11,12). The third-order valence-electron chi connectivity index (χ3n) is 1.34. The van der Waals surface area contributed by atoms with Crippen LogP contribution in [0, 0.1) is 0 Å². The summed E-state index contributed by atoms with van der Waals surface area (Å²) in [6.07, 6.45) is -0.122. The summed E-state index contributed by atoms with van der Waals surface area (Å²) in [5, 5.41) is 10.4. The van der Waals surface area contributed by atoms with Gasteiger partial charge in [-0.25, -0.2) is 4.79 Å². The number of carbonyl (C=O) groups is 2. The number of rotatable bonds is 4. The van der Waals surface area contributed by atoms with Crippen LogP contribution >= 0.6 is 0 Å². The quantitative estimate of drug-likeness (QED) is 0.595. The molecule has 70 valence electrons. The fourth-order valence-corrected chi connectivity index (χ4v) is 0.659. The van der Waals surface area contributed by atoms with Crippen molar-refractivity contribution in [3.8, 4) is 0 Å². The van der Waals surface area contributed by atoms with Gasteiger partial charge in [-0.15, -0.1) is 0 Å². The molecule has 5 nitrogen and oxygen atoms in total. The average molecular weight is 174 g/mol. The van der Waals surface area contributed by atoms with Crippen molar-refractivity contribution < 1.29 is 14.7 Å². The smallest absolute Gasteiger partial charge is 0.404 e. The lowest BCUT2D eigenvalue weighted by molar-refractivity contribution is -0.128. The lowest BCUT2D eigenvalue weighted by Crippen LogP contribution is -2.25. The van der Waals surface area contributed by atoms with E-state index in [4.69, 9.17) is 5.11 Å². The van der Waals surface area contributed by atoms with E-state index in [9.17, 15) is 9.59 Å². The fourth-order valence-electron chi connectivity index (χ4n) is 0.659. The molecule has 0 aliphatic carbocycles. The van der Waals surface area contributed by atoms with Crippen molar-refractivity contribution in [3.05, 3.63) is 0 Å². The van der Waals surface area contributed by atoms with Gasteiger partial charge in [0.2, 0.25) is 5.91 Å². The summed E-state index contributed by atoms with van der Waals surface area (Å²) in [4.78, 5) is 22.4. The zero-order valence-electron chi connectivity index (χ0n) is 7.33. The van der Waals surface area contributed by atoms with Gasteiger partial charge < -0.3 is 15.3 Å². The molecule has 2 N–H and O–H groups in total. The number of carbonyl (C=O) groups excluding carboxylic acids is 1. The van der Waals surface area contributed by atoms with Crippen molar-refractivity contribution >= 4 is 12.0 Å². The summed E-state index contributed by atoms with van der Waals surface area (Å²) in [7, 11) is 3.35. The predicted molar refractivity (Wildman–Crippen MR) is 44.0 cm³/mol. The molecule has 0 saturated heterocycles. The molecule has 0 aliphatic heterocycles. The Hall–Kier alpha value is -1.26. The molecule has 5 heteroatoms. The van der Waals surface area contributed by atoms with E-state index >= 15 is 0 Å². The average Bonchev–Trinajstić information content (AvgIpc) is 1.97. The van der Waals surface area contributed by atoms with Crippen molar-refractivity contribution in [1.82, 2.24) is 10.2 Å². The van der Waals surface area contributed by atoms with Gasteiger partial charge in [-0.05, 0) is 6.42 Å². The Labute approximate surface area is 71.4 Å². The van der Waals surface area contributed by atoms with E-state index < -0.39 is 6.09 Å². The monoisotopic (exact) mass is 174 g/mol. The molecule has 0 rings (SSSR count). The van der Waals surface area contributed by atoms with Crippen molar-refractivity contribution in [2.24, 2.45) is 0 Å². The third-order valence-corrected chi connectivity index (χ3v) is 1.34. The normalized spacial score (nSPS) is 9.17. The molecular formula is C7H14N2O3. The molecule has 0 aromatic heterocycles. The highest BCUT2D eigenvalue weighted by Crippen LogP contribution is 1.91. The molecule has 0 aromatic carbocycles. The molecule has 0 unspecified atom stereocenters. The number of carboxylic acid groups (broad SMARTS) is 1. The first-order valence-corrected chi connectivity index (χ1v) is 3.71. The highest BCUT2D eigenvalue weighted by atomic mass is 16.4. The maximum atomic E-state index is 10.9. The van der Waals surface area contributed by atoms with E-state index in [-0.39, 0.29) is 5.91 Å². The van der Waals surface area contributed by atoms with E-state index in [1.54, 1.807) is 14.1 Å². The summed E-state index contributed by atoms with van der Waals surface area (Å²) in [6.45, 7) is 0.328. The lowest BCUT2D eigenvalue weighted by atomic mass is 10.3. The van der Waals surface area contributed by atoms with E-state index in [0.29, 0.717) is 19.4 Å². The number of amides is 2. The second-order valence-electron chi connectivity index (χ2n) is 2.62. The Bertz CT molecular complexity index is 168. The van der Waals surface area contributed by atoms with Crippen LogP contribution in [0.2, 0.25) is 0 Å². The van der Waals surface area contributed by atoms with Gasteiger partial charge >= 0.3 is 6.09 Å². The predicted octanol–water partition coefficient (Wildman–Crippen LogP) is 0.122. The van der Waals surface area contributed by atoms with E-state index in [1.165, 1.54) is 4.90 Å². The minimum Gasteiger partial charge on any atom is -0.465 e. The Morgan fingerprint density at radius 2 is 2.00 bits per heavy atom. The lowest BCUT2D eigenvalue weighted by Gasteiger charge is -2.09. The summed E-state index contributed by atoms with van der Waals surface area (Å²) in [5.74, 6) is 0.0159. The van der Waals surface area contributed by atoms with Crippen molar-refractivity contribution in [2.75, 3.05) is 20.6 Å². The minimum absolute atomic E-state index is 0.0159. The largest absolute Gasteiger partial charge is 0.465 e. The molecule has 0 fully saturated rings. The highest BCUT2D eigenvalue weighted by Gasteiger charge is 2.02. The fraction of sp³-hybridized carbons (Fsp3) is 0.714. The van der Waals surface area contributed by atoms with Crippen LogP contribution in [-0.2, 0) is 4.79 Å². The second-order valence-corrected chi connectivity index (χ2v) is 2.62. The molecule has 0 aromatic rings. The van der Waals surface area contributed by atoms with Gasteiger partial charge in [0, 0.05) is 27.1 Å². The van der Waals surface area contributed by atoms with Gasteiger partial charge in [0.1, 0.15) is 0 Å². The molecule has 0 atom stereocenters. The van der Waals surface area contributed by atoms with Crippen LogP contribution in [0.15, 0.2) is 0 Å². The molecule has 2 amide bonds. The van der Waals surface area contributed by atoms with Crippen molar-refractivity contribution in [2.45, 2.75) is 12.8 Å². The summed E-state index contributed by atoms with van der Waals surface area (Å²) < 4.78 is 0. The first kappa shape index (κ1) is 10.7. The Kier molecular flexibility index (Phi) is 4.83. The van der Waals surface area contributed by atoms with Gasteiger partial charge in [0.25, 0.3) is 0 Å². The SMILES string of the molecule is CN(C)C(=O)CCCNC(=O)O. The number of nitrogens with zero attached hydrogens (tertiary/aromatic N) is 1. The topological polar surface area (TPSA) is 69.6 Å². The van der Waals surface area contributed by atoms with Crippen LogP contribution in [0.25, 0.3) is 0 Å². The Morgan fingerprint density at radius 3 is 2.42 bits per heavy atom. The number of hydrogen-bond acceptors (Lipinski definition) is 2. The Balaban J connectivity index is 3.32. The molecule has 0 spiro atoms. The third kappa shape index (κ3) is 5.52. The molecule has 0 heterocycles. The summed E-state index contributed by atoms with van der Waals surface area (Å²) >= 11 is 0. The van der Waals surface area contributed by atoms with Crippen LogP contribution < -0.4 is 5.32 Å². The van der Waals surface area contributed by atoms with Crippen LogP contribution in [-0.4, -0.2) is 42.6 Å². The zero-order chi connectivity index (χ0) is 9.56. The van der Waals surface area contributed by atoms with Crippen molar-refractivity contribution in [1.29, 1.82) is 0 Å². The highest BCUT2D eigenvalue weighted by molar-refractivity contribution is 5.75. The number of nitrogens with one attached hydrogen (secondary N) is 1. The van der Waals surface area contributed by atoms with E-state index in [0.717, 1.165) is 0 Å². The van der Waals surface area contributed by atoms with Gasteiger partial charge in [-0.2, -0.15) is 0 Å². The Morgan fingerprint density at radius 1 is 1.42 bits per heavy atom. The molecular weight excluding hydrogens is 160 g/mol. The van der Waals surface area contributed by atoms with Crippen LogP contribution in [0.4, 0.5) is 4.79 Å². The van der Waals surface area contributed by atoms with E-state index in [1.807, 2.05) is 0 Å². The molecule has 0 aliphatic rings. The first-order valence-electron chi connectivity index (χ1n) is 3.71. The summed E-state index contributed by atoms with van der Waals surface area (Å²) in [5.41, 5.74) is 0. The minimum atomic E-state index is -1.05. The van der Waals surface area contributed by atoms with Crippen molar-refractivity contribution in [3.63, 3.8) is 0 Å². The summed E-state index contributed by atoms with van der Waals surface area (Å²) in [6, 6.07) is 0. The maximum absolute atomic E-state index is 10.9. The molecule has 12 heavy (non-hydrogen) atoms. The van der Waals surface area contributed by atoms with E-state index in [2.05, 4.69) is 5.32 Å². The van der Waals surface area contributed by atoms with Gasteiger partial charge in [0.05, 0.1) is 0 Å². The molecule has 0 saturated carbocycles. The zero-order valence-corrected chi connectivity index (χ0v) is 7.33. The van der Waals surface area contributed by atoms with Gasteiger partial charge in [0.15, 0.2) is 0 Å². The van der Waals surface area contributed by atoms with Crippen LogP contribution in [0.3, 0.4) is 0 Å². The van der Waals surface area contributed by atoms with Gasteiger partial charge in [-0.3, -0.25) is 4.79 Å². The molecule has 0 bridgehead atoms. The molecule has 0 radical (unpaired) electrons. The van der Waals surface area contributed by atoms with Crippen LogP contribution in [0.1, 0.15) is 12.8 Å². The maximum Gasteiger partial charge on any atom is 0.404 e. The second kappa shape index (κ2) is 5.40. The first-order chi connectivity index (χ1) is 5.54. The number of hydrogen-bond donors (Lipinski definition) is 2. The van der Waals surface area contributed by atoms with Crippen LogP contribution in [0.5, 0.6) is 0 Å². The van der Waals surface area contributed by atoms with Gasteiger partial charge in [-0.1, -0.05) is 0 Å².